The van der Waals surface area contributed by atoms with Crippen molar-refractivity contribution in [1.82, 2.24) is 16.0 Å². The molecule has 24 heavy (non-hydrogen) atoms. The zero-order chi connectivity index (χ0) is 17.1. The molecule has 5 nitrogen and oxygen atoms in total. The molecule has 0 aliphatic heterocycles. The summed E-state index contributed by atoms with van der Waals surface area (Å²) < 4.78 is 0. The van der Waals surface area contributed by atoms with Crippen LogP contribution in [0.25, 0.3) is 0 Å². The summed E-state index contributed by atoms with van der Waals surface area (Å²) in [5.74, 6) is 0.866. The van der Waals surface area contributed by atoms with Gasteiger partial charge in [-0.1, -0.05) is 45.0 Å². The van der Waals surface area contributed by atoms with Crippen LogP contribution in [0.3, 0.4) is 0 Å². The lowest BCUT2D eigenvalue weighted by molar-refractivity contribution is -0.123. The highest BCUT2D eigenvalue weighted by atomic mass is 127. The molecule has 0 fully saturated rings. The van der Waals surface area contributed by atoms with E-state index in [4.69, 9.17) is 0 Å². The molecule has 0 atom stereocenters. The minimum Gasteiger partial charge on any atom is -0.357 e. The molecule has 0 unspecified atom stereocenters. The van der Waals surface area contributed by atoms with Crippen LogP contribution in [0.2, 0.25) is 0 Å². The molecule has 0 aromatic heterocycles. The van der Waals surface area contributed by atoms with Crippen LogP contribution in [0, 0.1) is 5.92 Å². The van der Waals surface area contributed by atoms with Gasteiger partial charge in [-0.3, -0.25) is 4.79 Å². The zero-order valence-electron chi connectivity index (χ0n) is 15.2. The minimum atomic E-state index is 0. The molecule has 0 heterocycles. The Bertz CT molecular complexity index is 517. The molecular weight excluding hydrogens is 415 g/mol. The molecule has 136 valence electrons. The van der Waals surface area contributed by atoms with E-state index in [1.165, 1.54) is 11.1 Å². The number of rotatable bonds is 8. The number of benzene rings is 1. The summed E-state index contributed by atoms with van der Waals surface area (Å²) >= 11 is 0. The van der Waals surface area contributed by atoms with Gasteiger partial charge in [0.2, 0.25) is 5.91 Å². The normalized spacial score (nSPS) is 11.0. The minimum absolute atomic E-state index is 0. The van der Waals surface area contributed by atoms with Gasteiger partial charge in [0, 0.05) is 25.6 Å². The number of guanidine groups is 1. The maximum absolute atomic E-state index is 11.5. The number of carbonyl (C=O) groups is 1. The summed E-state index contributed by atoms with van der Waals surface area (Å²) in [7, 11) is 0. The van der Waals surface area contributed by atoms with Crippen molar-refractivity contribution in [1.29, 1.82) is 0 Å². The molecule has 0 aliphatic carbocycles. The van der Waals surface area contributed by atoms with Gasteiger partial charge in [-0.05, 0) is 24.5 Å². The third-order valence-corrected chi connectivity index (χ3v) is 3.49. The molecule has 0 radical (unpaired) electrons. The van der Waals surface area contributed by atoms with Crippen LogP contribution in [0.4, 0.5) is 0 Å². The smallest absolute Gasteiger partial charge is 0.222 e. The topological polar surface area (TPSA) is 65.5 Å². The van der Waals surface area contributed by atoms with Gasteiger partial charge in [-0.15, -0.1) is 24.0 Å². The molecule has 1 aromatic carbocycles. The van der Waals surface area contributed by atoms with Gasteiger partial charge in [0.1, 0.15) is 0 Å². The van der Waals surface area contributed by atoms with Gasteiger partial charge >= 0.3 is 0 Å². The molecule has 0 saturated heterocycles. The Morgan fingerprint density at radius 2 is 1.67 bits per heavy atom. The highest BCUT2D eigenvalue weighted by Gasteiger charge is 2.05. The van der Waals surface area contributed by atoms with Gasteiger partial charge in [-0.25, -0.2) is 4.99 Å². The number of amides is 1. The first-order valence-electron chi connectivity index (χ1n) is 8.45. The Morgan fingerprint density at radius 1 is 1.04 bits per heavy atom. The summed E-state index contributed by atoms with van der Waals surface area (Å²) in [6.07, 6.45) is 1.01. The summed E-state index contributed by atoms with van der Waals surface area (Å²) in [5.41, 5.74) is 2.58. The van der Waals surface area contributed by atoms with Crippen molar-refractivity contribution in [3.63, 3.8) is 0 Å². The Morgan fingerprint density at radius 3 is 2.25 bits per heavy atom. The van der Waals surface area contributed by atoms with E-state index in [9.17, 15) is 4.79 Å². The molecule has 0 bridgehead atoms. The molecule has 1 aromatic rings. The predicted molar refractivity (Wildman–Crippen MR) is 112 cm³/mol. The molecule has 1 amide bonds. The maximum atomic E-state index is 11.5. The fraction of sp³-hybridized carbons (Fsp3) is 0.556. The standard InChI is InChI=1S/C18H30N4O.HI/c1-5-15-9-7-8-10-16(15)13-22-18(19-6-2)21-12-11-20-17(23)14(3)4;/h7-10,14H,5-6,11-13H2,1-4H3,(H,20,23)(H2,19,21,22);1H. The number of nitrogens with one attached hydrogen (secondary N) is 3. The Balaban J connectivity index is 0.00000529. The van der Waals surface area contributed by atoms with Crippen LogP contribution < -0.4 is 16.0 Å². The predicted octanol–water partition coefficient (Wildman–Crippen LogP) is 2.69. The fourth-order valence-corrected chi connectivity index (χ4v) is 2.13. The largest absolute Gasteiger partial charge is 0.357 e. The molecule has 0 spiro atoms. The average Bonchev–Trinajstić information content (AvgIpc) is 2.56. The van der Waals surface area contributed by atoms with Crippen molar-refractivity contribution < 1.29 is 4.79 Å². The van der Waals surface area contributed by atoms with E-state index >= 15 is 0 Å². The Labute approximate surface area is 163 Å². The van der Waals surface area contributed by atoms with Gasteiger partial charge in [0.05, 0.1) is 6.54 Å². The van der Waals surface area contributed by atoms with Crippen molar-refractivity contribution in [2.24, 2.45) is 10.9 Å². The van der Waals surface area contributed by atoms with Crippen LogP contribution >= 0.6 is 24.0 Å². The fourth-order valence-electron chi connectivity index (χ4n) is 2.13. The second-order valence-corrected chi connectivity index (χ2v) is 5.69. The molecule has 0 aliphatic rings. The number of aliphatic imine (C=N–C) groups is 1. The van der Waals surface area contributed by atoms with E-state index in [0.29, 0.717) is 19.6 Å². The quantitative estimate of drug-likeness (QED) is 0.249. The summed E-state index contributed by atoms with van der Waals surface area (Å²) in [4.78, 5) is 16.1. The number of hydrogen-bond acceptors (Lipinski definition) is 2. The van der Waals surface area contributed by atoms with Crippen molar-refractivity contribution >= 4 is 35.8 Å². The third-order valence-electron chi connectivity index (χ3n) is 3.49. The number of nitrogens with zero attached hydrogens (tertiary/aromatic N) is 1. The van der Waals surface area contributed by atoms with E-state index in [1.54, 1.807) is 0 Å². The van der Waals surface area contributed by atoms with Gasteiger partial charge in [0.25, 0.3) is 0 Å². The molecule has 3 N–H and O–H groups in total. The van der Waals surface area contributed by atoms with Gasteiger partial charge in [-0.2, -0.15) is 0 Å². The van der Waals surface area contributed by atoms with E-state index in [1.807, 2.05) is 26.8 Å². The molecule has 1 rings (SSSR count). The van der Waals surface area contributed by atoms with Crippen molar-refractivity contribution in [3.05, 3.63) is 35.4 Å². The molecular formula is C18H31IN4O. The zero-order valence-corrected chi connectivity index (χ0v) is 17.5. The SMILES string of the molecule is CCNC(=NCc1ccccc1CC)NCCNC(=O)C(C)C.I. The van der Waals surface area contributed by atoms with Crippen molar-refractivity contribution in [3.8, 4) is 0 Å². The lowest BCUT2D eigenvalue weighted by atomic mass is 10.1. The second-order valence-electron chi connectivity index (χ2n) is 5.69. The number of carbonyl (C=O) groups excluding carboxylic acids is 1. The van der Waals surface area contributed by atoms with Gasteiger partial charge < -0.3 is 16.0 Å². The van der Waals surface area contributed by atoms with Crippen LogP contribution in [-0.4, -0.2) is 31.5 Å². The van der Waals surface area contributed by atoms with Crippen LogP contribution in [0.5, 0.6) is 0 Å². The van der Waals surface area contributed by atoms with Crippen LogP contribution in [0.15, 0.2) is 29.3 Å². The monoisotopic (exact) mass is 446 g/mol. The first-order chi connectivity index (χ1) is 11.1. The molecule has 6 heteroatoms. The molecule has 0 saturated carbocycles. The average molecular weight is 446 g/mol. The highest BCUT2D eigenvalue weighted by Crippen LogP contribution is 2.10. The van der Waals surface area contributed by atoms with Crippen molar-refractivity contribution in [2.45, 2.75) is 40.7 Å². The Kier molecular flexibility index (Phi) is 12.3. The third kappa shape index (κ3) is 8.52. The van der Waals surface area contributed by atoms with E-state index < -0.39 is 0 Å². The van der Waals surface area contributed by atoms with E-state index in [2.05, 4.69) is 46.1 Å². The second kappa shape index (κ2) is 13.0. The number of halogens is 1. The van der Waals surface area contributed by atoms with E-state index in [0.717, 1.165) is 18.9 Å². The highest BCUT2D eigenvalue weighted by molar-refractivity contribution is 14.0. The summed E-state index contributed by atoms with van der Waals surface area (Å²) in [6, 6.07) is 8.38. The van der Waals surface area contributed by atoms with Crippen LogP contribution in [-0.2, 0) is 17.8 Å². The maximum Gasteiger partial charge on any atom is 0.222 e. The number of hydrogen-bond donors (Lipinski definition) is 3. The number of aryl methyl sites for hydroxylation is 1. The van der Waals surface area contributed by atoms with Crippen LogP contribution in [0.1, 0.15) is 38.8 Å². The van der Waals surface area contributed by atoms with E-state index in [-0.39, 0.29) is 35.8 Å². The summed E-state index contributed by atoms with van der Waals surface area (Å²) in [5, 5.41) is 9.36. The lowest BCUT2D eigenvalue weighted by Crippen LogP contribution is -2.42. The van der Waals surface area contributed by atoms with Crippen molar-refractivity contribution in [2.75, 3.05) is 19.6 Å². The first-order valence-corrected chi connectivity index (χ1v) is 8.45. The van der Waals surface area contributed by atoms with Gasteiger partial charge in [0.15, 0.2) is 5.96 Å². The summed E-state index contributed by atoms with van der Waals surface area (Å²) in [6.45, 7) is 10.7. The lowest BCUT2D eigenvalue weighted by Gasteiger charge is -2.13. The Hall–Kier alpha value is -1.31. The first kappa shape index (κ1) is 22.7.